The van der Waals surface area contributed by atoms with Gasteiger partial charge in [0.2, 0.25) is 0 Å². The lowest BCUT2D eigenvalue weighted by Gasteiger charge is -1.86. The predicted octanol–water partition coefficient (Wildman–Crippen LogP) is -0.431. The minimum atomic E-state index is 0.939. The molecule has 0 atom stereocenters. The first-order valence-corrected chi connectivity index (χ1v) is 3.40. The average Bonchev–Trinajstić information content (AvgIpc) is 2.14. The van der Waals surface area contributed by atoms with E-state index in [0.29, 0.717) is 0 Å². The number of rotatable bonds is 2. The molecule has 56 valence electrons. The Morgan fingerprint density at radius 1 is 1.70 bits per heavy atom. The highest BCUT2D eigenvalue weighted by molar-refractivity contribution is 4.98. The third-order valence-corrected chi connectivity index (χ3v) is 1.58. The van der Waals surface area contributed by atoms with E-state index in [2.05, 4.69) is 17.7 Å². The molecule has 0 aromatic carbocycles. The molecule has 3 heteroatoms. The van der Waals surface area contributed by atoms with Crippen molar-refractivity contribution in [3.8, 4) is 0 Å². The number of nitrogens with one attached hydrogen (secondary N) is 1. The summed E-state index contributed by atoms with van der Waals surface area (Å²) >= 11 is 0. The van der Waals surface area contributed by atoms with Crippen molar-refractivity contribution in [3.63, 3.8) is 0 Å². The minimum absolute atomic E-state index is 0.939. The molecule has 0 unspecified atom stereocenters. The Kier molecular flexibility index (Phi) is 2.06. The molecule has 1 aromatic heterocycles. The van der Waals surface area contributed by atoms with Gasteiger partial charge in [-0.1, -0.05) is 0 Å². The summed E-state index contributed by atoms with van der Waals surface area (Å²) in [7, 11) is 6.01. The molecule has 0 fully saturated rings. The van der Waals surface area contributed by atoms with Crippen molar-refractivity contribution in [3.05, 3.63) is 18.0 Å². The van der Waals surface area contributed by atoms with Crippen LogP contribution in [-0.4, -0.2) is 11.7 Å². The van der Waals surface area contributed by atoms with Gasteiger partial charge in [-0.25, -0.2) is 0 Å². The van der Waals surface area contributed by atoms with Crippen molar-refractivity contribution >= 4 is 0 Å². The number of aryl methyl sites for hydroxylation is 2. The van der Waals surface area contributed by atoms with Crippen molar-refractivity contribution in [2.24, 2.45) is 14.1 Å². The van der Waals surface area contributed by atoms with Gasteiger partial charge in [-0.3, -0.25) is 0 Å². The molecule has 10 heavy (non-hydrogen) atoms. The van der Waals surface area contributed by atoms with Crippen LogP contribution in [-0.2, 0) is 20.6 Å². The molecule has 0 saturated carbocycles. The fraction of sp³-hybridized carbons (Fsp3) is 0.571. The average molecular weight is 140 g/mol. The molecule has 1 N–H and O–H groups in total. The van der Waals surface area contributed by atoms with Crippen molar-refractivity contribution in [2.45, 2.75) is 6.54 Å². The molecular weight excluding hydrogens is 126 g/mol. The van der Waals surface area contributed by atoms with E-state index in [4.69, 9.17) is 0 Å². The standard InChI is InChI=1S/C7H14N3/c1-8-4-7-5-9(2)10(3)6-7/h5-6,8H,4H2,1-3H3/q+1. The first-order chi connectivity index (χ1) is 4.74. The third-order valence-electron chi connectivity index (χ3n) is 1.58. The van der Waals surface area contributed by atoms with E-state index in [0.717, 1.165) is 6.54 Å². The van der Waals surface area contributed by atoms with Crippen molar-refractivity contribution < 1.29 is 4.68 Å². The summed E-state index contributed by atoms with van der Waals surface area (Å²) in [4.78, 5) is 0. The van der Waals surface area contributed by atoms with Crippen molar-refractivity contribution in [2.75, 3.05) is 7.05 Å². The van der Waals surface area contributed by atoms with Crippen LogP contribution < -0.4 is 10.00 Å². The van der Waals surface area contributed by atoms with Gasteiger partial charge in [0.25, 0.3) is 0 Å². The predicted molar refractivity (Wildman–Crippen MR) is 39.4 cm³/mol. The van der Waals surface area contributed by atoms with Crippen LogP contribution >= 0.6 is 0 Å². The number of hydrogen-bond donors (Lipinski definition) is 1. The topological polar surface area (TPSA) is 20.8 Å². The molecule has 0 saturated heterocycles. The Morgan fingerprint density at radius 2 is 2.40 bits per heavy atom. The molecule has 0 aliphatic heterocycles. The van der Waals surface area contributed by atoms with E-state index in [1.165, 1.54) is 5.56 Å². The van der Waals surface area contributed by atoms with Crippen LogP contribution in [0.3, 0.4) is 0 Å². The minimum Gasteiger partial charge on any atom is -0.315 e. The highest BCUT2D eigenvalue weighted by Gasteiger charge is 2.02. The lowest BCUT2D eigenvalue weighted by molar-refractivity contribution is -0.751. The van der Waals surface area contributed by atoms with Crippen LogP contribution in [0, 0.1) is 0 Å². The van der Waals surface area contributed by atoms with Crippen LogP contribution in [0.15, 0.2) is 12.4 Å². The van der Waals surface area contributed by atoms with Gasteiger partial charge < -0.3 is 5.32 Å². The molecule has 3 nitrogen and oxygen atoms in total. The van der Waals surface area contributed by atoms with Gasteiger partial charge in [-0.05, 0) is 7.05 Å². The van der Waals surface area contributed by atoms with Gasteiger partial charge in [-0.2, -0.15) is 4.68 Å². The van der Waals surface area contributed by atoms with E-state index in [9.17, 15) is 0 Å². The Morgan fingerprint density at radius 3 is 2.80 bits per heavy atom. The van der Waals surface area contributed by atoms with Crippen LogP contribution in [0.2, 0.25) is 0 Å². The van der Waals surface area contributed by atoms with Gasteiger partial charge >= 0.3 is 0 Å². The maximum Gasteiger partial charge on any atom is 0.199 e. The fourth-order valence-electron chi connectivity index (χ4n) is 0.991. The number of aromatic nitrogens is 2. The number of nitrogens with zero attached hydrogens (tertiary/aromatic N) is 2. The molecule has 1 rings (SSSR count). The molecule has 0 amide bonds. The second-order valence-electron chi connectivity index (χ2n) is 2.51. The Hall–Kier alpha value is -0.830. The molecular formula is C7H14N3+. The summed E-state index contributed by atoms with van der Waals surface area (Å²) in [6.07, 6.45) is 4.22. The molecule has 0 radical (unpaired) electrons. The van der Waals surface area contributed by atoms with Crippen LogP contribution in [0.1, 0.15) is 5.56 Å². The zero-order valence-corrected chi connectivity index (χ0v) is 6.76. The third kappa shape index (κ3) is 1.36. The summed E-state index contributed by atoms with van der Waals surface area (Å²) in [5.41, 5.74) is 1.31. The zero-order valence-electron chi connectivity index (χ0n) is 6.76. The van der Waals surface area contributed by atoms with Crippen LogP contribution in [0.5, 0.6) is 0 Å². The van der Waals surface area contributed by atoms with E-state index in [1.807, 2.05) is 30.5 Å². The van der Waals surface area contributed by atoms with Gasteiger partial charge in [-0.15, -0.1) is 4.68 Å². The Bertz CT molecular complexity index is 195. The number of hydrogen-bond acceptors (Lipinski definition) is 1. The van der Waals surface area contributed by atoms with Crippen molar-refractivity contribution in [1.29, 1.82) is 0 Å². The van der Waals surface area contributed by atoms with Crippen LogP contribution in [0.4, 0.5) is 0 Å². The summed E-state index contributed by atoms with van der Waals surface area (Å²) in [5, 5.41) is 3.10. The van der Waals surface area contributed by atoms with E-state index in [1.54, 1.807) is 0 Å². The molecule has 0 spiro atoms. The smallest absolute Gasteiger partial charge is 0.199 e. The molecule has 1 heterocycles. The molecule has 0 aliphatic carbocycles. The summed E-state index contributed by atoms with van der Waals surface area (Å²) in [5.74, 6) is 0. The second-order valence-corrected chi connectivity index (χ2v) is 2.51. The van der Waals surface area contributed by atoms with Crippen molar-refractivity contribution in [1.82, 2.24) is 10.00 Å². The monoisotopic (exact) mass is 140 g/mol. The SMILES string of the molecule is CNCc1cn(C)[n+](C)c1. The van der Waals surface area contributed by atoms with E-state index in [-0.39, 0.29) is 0 Å². The summed E-state index contributed by atoms with van der Waals surface area (Å²) in [6, 6.07) is 0. The maximum atomic E-state index is 3.10. The van der Waals surface area contributed by atoms with Gasteiger partial charge in [0.15, 0.2) is 13.2 Å². The summed E-state index contributed by atoms with van der Waals surface area (Å²) < 4.78 is 4.10. The van der Waals surface area contributed by atoms with Gasteiger partial charge in [0, 0.05) is 6.54 Å². The Balaban J connectivity index is 2.77. The Labute approximate surface area is 61.3 Å². The van der Waals surface area contributed by atoms with E-state index < -0.39 is 0 Å². The quantitative estimate of drug-likeness (QED) is 0.553. The first-order valence-electron chi connectivity index (χ1n) is 3.40. The van der Waals surface area contributed by atoms with Gasteiger partial charge in [0.05, 0.1) is 18.8 Å². The molecule has 0 bridgehead atoms. The highest BCUT2D eigenvalue weighted by atomic mass is 15.4. The zero-order chi connectivity index (χ0) is 7.56. The second kappa shape index (κ2) is 2.84. The lowest BCUT2D eigenvalue weighted by Crippen LogP contribution is -2.35. The van der Waals surface area contributed by atoms with Gasteiger partial charge in [0.1, 0.15) is 0 Å². The first kappa shape index (κ1) is 7.28. The highest BCUT2D eigenvalue weighted by Crippen LogP contribution is 1.91. The molecule has 0 aliphatic rings. The van der Waals surface area contributed by atoms with E-state index >= 15 is 0 Å². The molecule has 1 aromatic rings. The summed E-state index contributed by atoms with van der Waals surface area (Å²) in [6.45, 7) is 0.939. The van der Waals surface area contributed by atoms with Crippen LogP contribution in [0.25, 0.3) is 0 Å². The fourth-order valence-corrected chi connectivity index (χ4v) is 0.991. The normalized spacial score (nSPS) is 10.3. The lowest BCUT2D eigenvalue weighted by atomic mass is 10.4. The maximum absolute atomic E-state index is 3.10. The largest absolute Gasteiger partial charge is 0.315 e.